The van der Waals surface area contributed by atoms with E-state index in [2.05, 4.69) is 48.7 Å². The molecule has 0 fully saturated rings. The molecular weight excluding hydrogens is 382 g/mol. The molecule has 1 aromatic heterocycles. The molecule has 0 aliphatic rings. The van der Waals surface area contributed by atoms with E-state index >= 15 is 0 Å². The van der Waals surface area contributed by atoms with E-state index in [0.717, 1.165) is 13.6 Å². The zero-order chi connectivity index (χ0) is 10.1. The van der Waals surface area contributed by atoms with Gasteiger partial charge in [-0.2, -0.15) is 0 Å². The summed E-state index contributed by atoms with van der Waals surface area (Å²) >= 11 is 6.86. The van der Waals surface area contributed by atoms with Gasteiger partial charge in [-0.05, 0) is 56.7 Å². The normalized spacial score (nSPS) is 10.5. The average Bonchev–Trinajstić information content (AvgIpc) is 2.51. The summed E-state index contributed by atoms with van der Waals surface area (Å²) < 4.78 is 14.4. The van der Waals surface area contributed by atoms with Gasteiger partial charge >= 0.3 is 0 Å². The van der Waals surface area contributed by atoms with E-state index in [-0.39, 0.29) is 5.82 Å². The monoisotopic (exact) mass is 384 g/mol. The summed E-state index contributed by atoms with van der Waals surface area (Å²) in [7, 11) is 0. The molecular formula is C8H3BrFIN2S. The van der Waals surface area contributed by atoms with Crippen LogP contribution in [0.3, 0.4) is 0 Å². The predicted molar refractivity (Wildman–Crippen MR) is 65.7 cm³/mol. The fourth-order valence-electron chi connectivity index (χ4n) is 0.977. The summed E-state index contributed by atoms with van der Waals surface area (Å²) in [5, 5.41) is 8.68. The Morgan fingerprint density at radius 2 is 2.14 bits per heavy atom. The molecule has 72 valence electrons. The highest BCUT2D eigenvalue weighted by Gasteiger charge is 2.08. The van der Waals surface area contributed by atoms with E-state index in [1.54, 1.807) is 6.07 Å². The number of aromatic nitrogens is 2. The lowest BCUT2D eigenvalue weighted by Gasteiger charge is -1.98. The Balaban J connectivity index is 2.52. The molecule has 0 amide bonds. The lowest BCUT2D eigenvalue weighted by molar-refractivity contribution is 0.627. The number of hydrogen-bond donors (Lipinski definition) is 0. The van der Waals surface area contributed by atoms with Crippen molar-refractivity contribution >= 4 is 49.9 Å². The third-order valence-electron chi connectivity index (χ3n) is 1.56. The molecule has 2 nitrogen and oxygen atoms in total. The summed E-state index contributed by atoms with van der Waals surface area (Å²) in [5.74, 6) is -0.264. The summed E-state index contributed by atoms with van der Waals surface area (Å²) in [5.41, 5.74) is 0.867. The van der Waals surface area contributed by atoms with Crippen molar-refractivity contribution in [2.75, 3.05) is 0 Å². The number of halogens is 3. The van der Waals surface area contributed by atoms with Gasteiger partial charge < -0.3 is 0 Å². The third-order valence-corrected chi connectivity index (χ3v) is 3.84. The van der Waals surface area contributed by atoms with E-state index in [4.69, 9.17) is 0 Å². The van der Waals surface area contributed by atoms with E-state index < -0.39 is 0 Å². The van der Waals surface area contributed by atoms with Crippen molar-refractivity contribution in [2.24, 2.45) is 0 Å². The molecule has 14 heavy (non-hydrogen) atoms. The Bertz CT molecular complexity index is 474. The van der Waals surface area contributed by atoms with E-state index in [9.17, 15) is 4.39 Å². The summed E-state index contributed by atoms with van der Waals surface area (Å²) in [4.78, 5) is 0. The van der Waals surface area contributed by atoms with E-state index in [1.165, 1.54) is 23.5 Å². The second-order valence-electron chi connectivity index (χ2n) is 2.48. The average molecular weight is 385 g/mol. The molecule has 0 aliphatic carbocycles. The quantitative estimate of drug-likeness (QED) is 0.700. The number of benzene rings is 1. The predicted octanol–water partition coefficient (Wildman–Crippen LogP) is 3.71. The number of hydrogen-bond acceptors (Lipinski definition) is 3. The minimum Gasteiger partial charge on any atom is -0.207 e. The SMILES string of the molecule is Fc1ccc(-c2nnc(I)s2)c(Br)c1. The lowest BCUT2D eigenvalue weighted by atomic mass is 10.2. The van der Waals surface area contributed by atoms with Crippen molar-refractivity contribution in [1.29, 1.82) is 0 Å². The van der Waals surface area contributed by atoms with Crippen LogP contribution in [0.2, 0.25) is 0 Å². The van der Waals surface area contributed by atoms with Crippen LogP contribution < -0.4 is 0 Å². The molecule has 2 aromatic rings. The van der Waals surface area contributed by atoms with Crippen molar-refractivity contribution < 1.29 is 4.39 Å². The Morgan fingerprint density at radius 1 is 1.36 bits per heavy atom. The van der Waals surface area contributed by atoms with Crippen LogP contribution in [-0.4, -0.2) is 10.2 Å². The summed E-state index contributed by atoms with van der Waals surface area (Å²) in [6.07, 6.45) is 0. The molecule has 0 N–H and O–H groups in total. The molecule has 0 saturated carbocycles. The Morgan fingerprint density at radius 3 is 2.71 bits per heavy atom. The van der Waals surface area contributed by atoms with Crippen molar-refractivity contribution in [3.63, 3.8) is 0 Å². The number of nitrogens with zero attached hydrogens (tertiary/aromatic N) is 2. The first-order valence-electron chi connectivity index (χ1n) is 3.61. The first kappa shape index (κ1) is 10.4. The molecule has 0 spiro atoms. The van der Waals surface area contributed by atoms with Crippen LogP contribution in [0.1, 0.15) is 0 Å². The van der Waals surface area contributed by atoms with E-state index in [1.807, 2.05) is 0 Å². The molecule has 0 unspecified atom stereocenters. The molecule has 1 aromatic carbocycles. The minimum absolute atomic E-state index is 0.264. The lowest BCUT2D eigenvalue weighted by Crippen LogP contribution is -1.81. The molecule has 2 rings (SSSR count). The fourth-order valence-corrected chi connectivity index (χ4v) is 2.99. The van der Waals surface area contributed by atoms with Crippen molar-refractivity contribution in [3.8, 4) is 10.6 Å². The maximum atomic E-state index is 12.8. The van der Waals surface area contributed by atoms with Gasteiger partial charge in [-0.15, -0.1) is 10.2 Å². The van der Waals surface area contributed by atoms with E-state index in [0.29, 0.717) is 4.47 Å². The third kappa shape index (κ3) is 2.12. The van der Waals surface area contributed by atoms with Crippen LogP contribution >= 0.6 is 49.9 Å². The largest absolute Gasteiger partial charge is 0.207 e. The molecule has 0 atom stereocenters. The highest BCUT2D eigenvalue weighted by Crippen LogP contribution is 2.31. The second-order valence-corrected chi connectivity index (χ2v) is 6.07. The fraction of sp³-hybridized carbons (Fsp3) is 0. The maximum absolute atomic E-state index is 12.8. The zero-order valence-electron chi connectivity index (χ0n) is 6.67. The topological polar surface area (TPSA) is 25.8 Å². The van der Waals surface area contributed by atoms with Gasteiger partial charge in [0.2, 0.25) is 0 Å². The Kier molecular flexibility index (Phi) is 3.13. The van der Waals surface area contributed by atoms with Gasteiger partial charge in [0.1, 0.15) is 10.8 Å². The highest BCUT2D eigenvalue weighted by atomic mass is 127. The summed E-state index contributed by atoms with van der Waals surface area (Å²) in [6, 6.07) is 4.52. The van der Waals surface area contributed by atoms with Gasteiger partial charge in [-0.1, -0.05) is 11.3 Å². The molecule has 0 saturated heterocycles. The van der Waals surface area contributed by atoms with Crippen LogP contribution in [-0.2, 0) is 0 Å². The Hall–Kier alpha value is -0.0800. The van der Waals surface area contributed by atoms with Gasteiger partial charge in [0.15, 0.2) is 3.01 Å². The van der Waals surface area contributed by atoms with Crippen LogP contribution in [0.25, 0.3) is 10.6 Å². The standard InChI is InChI=1S/C8H3BrFIN2S/c9-6-3-4(10)1-2-5(6)7-12-13-8(11)14-7/h1-3H. The van der Waals surface area contributed by atoms with Crippen molar-refractivity contribution in [2.45, 2.75) is 0 Å². The van der Waals surface area contributed by atoms with Gasteiger partial charge in [-0.3, -0.25) is 0 Å². The second kappa shape index (κ2) is 4.19. The van der Waals surface area contributed by atoms with Crippen LogP contribution in [0.15, 0.2) is 22.7 Å². The molecule has 0 aliphatic heterocycles. The summed E-state index contributed by atoms with van der Waals surface area (Å²) in [6.45, 7) is 0. The van der Waals surface area contributed by atoms with Gasteiger partial charge in [-0.25, -0.2) is 4.39 Å². The van der Waals surface area contributed by atoms with Crippen molar-refractivity contribution in [3.05, 3.63) is 31.5 Å². The van der Waals surface area contributed by atoms with Gasteiger partial charge in [0, 0.05) is 10.0 Å². The first-order valence-corrected chi connectivity index (χ1v) is 6.30. The van der Waals surface area contributed by atoms with Crippen LogP contribution in [0, 0.1) is 8.83 Å². The van der Waals surface area contributed by atoms with Crippen molar-refractivity contribution in [1.82, 2.24) is 10.2 Å². The van der Waals surface area contributed by atoms with Gasteiger partial charge in [0.05, 0.1) is 0 Å². The maximum Gasteiger partial charge on any atom is 0.178 e. The smallest absolute Gasteiger partial charge is 0.178 e. The molecule has 1 heterocycles. The molecule has 0 bridgehead atoms. The Labute approximate surface area is 106 Å². The van der Waals surface area contributed by atoms with Gasteiger partial charge in [0.25, 0.3) is 0 Å². The zero-order valence-corrected chi connectivity index (χ0v) is 11.2. The minimum atomic E-state index is -0.264. The number of rotatable bonds is 1. The first-order chi connectivity index (χ1) is 6.66. The van der Waals surface area contributed by atoms with Crippen LogP contribution in [0.5, 0.6) is 0 Å². The molecule has 0 radical (unpaired) electrons. The molecule has 6 heteroatoms. The van der Waals surface area contributed by atoms with Crippen LogP contribution in [0.4, 0.5) is 4.39 Å². The highest BCUT2D eigenvalue weighted by molar-refractivity contribution is 14.1.